The Morgan fingerprint density at radius 3 is 1.93 bits per heavy atom. The molecule has 8 rings (SSSR count). The molecule has 0 unspecified atom stereocenters. The summed E-state index contributed by atoms with van der Waals surface area (Å²) in [6.07, 6.45) is 13.3. The van der Waals surface area contributed by atoms with Crippen molar-refractivity contribution in [2.75, 3.05) is 0 Å². The third-order valence-corrected chi connectivity index (χ3v) is 11.3. The third-order valence-electron chi connectivity index (χ3n) is 9.71. The second kappa shape index (κ2) is 15.0. The van der Waals surface area contributed by atoms with Gasteiger partial charge in [-0.1, -0.05) is 46.3 Å². The van der Waals surface area contributed by atoms with Crippen LogP contribution in [0, 0.1) is 13.8 Å². The van der Waals surface area contributed by atoms with Crippen LogP contribution in [0.15, 0.2) is 83.7 Å². The molecule has 0 saturated carbocycles. The van der Waals surface area contributed by atoms with E-state index in [9.17, 15) is 26.3 Å². The molecule has 0 radical (unpaired) electrons. The van der Waals surface area contributed by atoms with E-state index in [1.54, 1.807) is 0 Å². The molecular weight excluding hydrogens is 852 g/mol. The molecule has 6 aromatic rings. The molecule has 3 aromatic carbocycles. The molecule has 18 heteroatoms. The number of nitrogens with zero attached hydrogens (tertiary/aromatic N) is 2. The summed E-state index contributed by atoms with van der Waals surface area (Å²) in [5, 5.41) is 3.87. The predicted molar refractivity (Wildman–Crippen MR) is 199 cm³/mol. The zero-order valence-corrected chi connectivity index (χ0v) is 32.5. The summed E-state index contributed by atoms with van der Waals surface area (Å²) in [6, 6.07) is 22.2. The summed E-state index contributed by atoms with van der Waals surface area (Å²) < 4.78 is 124. The summed E-state index contributed by atoms with van der Waals surface area (Å²) in [4.78, 5) is 3.41. The molecule has 5 heterocycles. The van der Waals surface area contributed by atoms with E-state index in [-0.39, 0.29) is 0 Å². The van der Waals surface area contributed by atoms with Crippen LogP contribution in [0.5, 0.6) is 0 Å². The molecule has 2 aliphatic heterocycles. The molecule has 294 valence electrons. The quantitative estimate of drug-likeness (QED) is 0.0811. The number of hydrogen-bond acceptors (Lipinski definition) is 6. The fraction of sp³-hybridized carbons (Fsp3) is 0.211. The van der Waals surface area contributed by atoms with Gasteiger partial charge in [0.25, 0.3) is 0 Å². The summed E-state index contributed by atoms with van der Waals surface area (Å²) in [5.41, 5.74) is 3.83. The maximum absolute atomic E-state index is 10.7. The van der Waals surface area contributed by atoms with Crippen LogP contribution < -0.4 is 9.13 Å². The van der Waals surface area contributed by atoms with Crippen LogP contribution in [-0.4, -0.2) is 41.9 Å². The van der Waals surface area contributed by atoms with Gasteiger partial charge in [0, 0.05) is 52.6 Å². The fourth-order valence-corrected chi connectivity index (χ4v) is 7.34. The first kappa shape index (κ1) is 41.0. The highest BCUT2D eigenvalue weighted by atomic mass is 79.9. The second-order valence-electron chi connectivity index (χ2n) is 13.0. The number of pyridine rings is 2. The van der Waals surface area contributed by atoms with Crippen molar-refractivity contribution >= 4 is 70.0 Å². The number of H-pyrrole nitrogens is 1. The first-order valence-electron chi connectivity index (χ1n) is 16.7. The molecule has 1 N–H and O–H groups in total. The minimum atomic E-state index is -6.09. The molecule has 9 nitrogen and oxygen atoms in total. The standard InChI is InChI=1S/C36H29BrN3.2CHF3O3S/c1-22-23(2)29-14-18-40-16-12-25-5-3-4-6-30(25)36(40)35(29)34-28(22)13-17-39-15-11-24(19-33(34)39)7-8-26-21-38-32-10-9-27(37)20-31(26)32;2*2-1(3,4)8(5,6)7/h3-12,15-16,19-21H,13-14,17-18H2,1-2H3;2*(H,5,6,7)/q+1;;/p-1. The highest BCUT2D eigenvalue weighted by Gasteiger charge is 2.38. The monoisotopic (exact) mass is 881 g/mol. The molecule has 56 heavy (non-hydrogen) atoms. The lowest BCUT2D eigenvalue weighted by atomic mass is 9.79. The molecule has 0 amide bonds. The van der Waals surface area contributed by atoms with E-state index in [2.05, 4.69) is 135 Å². The minimum Gasteiger partial charge on any atom is -0.741 e. The highest BCUT2D eigenvalue weighted by molar-refractivity contribution is 9.10. The van der Waals surface area contributed by atoms with Gasteiger partial charge in [-0.05, 0) is 76.9 Å². The van der Waals surface area contributed by atoms with E-state index in [4.69, 9.17) is 25.9 Å². The first-order valence-corrected chi connectivity index (χ1v) is 20.3. The zero-order chi connectivity index (χ0) is 41.0. The predicted octanol–water partition coefficient (Wildman–Crippen LogP) is 7.99. The fourth-order valence-electron chi connectivity index (χ4n) is 6.98. The summed E-state index contributed by atoms with van der Waals surface area (Å²) in [7, 11) is -12.2. The van der Waals surface area contributed by atoms with Gasteiger partial charge in [-0.15, -0.1) is 0 Å². The van der Waals surface area contributed by atoms with Crippen molar-refractivity contribution in [2.24, 2.45) is 0 Å². The lowest BCUT2D eigenvalue weighted by Gasteiger charge is -2.27. The largest absolute Gasteiger partial charge is 0.741 e. The van der Waals surface area contributed by atoms with Crippen LogP contribution in [0.4, 0.5) is 26.3 Å². The lowest BCUT2D eigenvalue weighted by molar-refractivity contribution is -0.689. The molecule has 0 bridgehead atoms. The Bertz CT molecular complexity index is 2740. The van der Waals surface area contributed by atoms with Gasteiger partial charge in [0.1, 0.15) is 0 Å². The van der Waals surface area contributed by atoms with Gasteiger partial charge in [-0.2, -0.15) is 35.5 Å². The maximum atomic E-state index is 10.7. The van der Waals surface area contributed by atoms with E-state index in [0.29, 0.717) is 0 Å². The van der Waals surface area contributed by atoms with Crippen molar-refractivity contribution in [2.45, 2.75) is 50.8 Å². The van der Waals surface area contributed by atoms with Crippen LogP contribution in [-0.2, 0) is 46.2 Å². The number of fused-ring (bicyclic) bond motifs is 10. The first-order chi connectivity index (χ1) is 26.1. The number of aromatic nitrogens is 3. The number of aromatic amines is 1. The second-order valence-corrected chi connectivity index (χ2v) is 16.7. The van der Waals surface area contributed by atoms with Crippen LogP contribution in [0.1, 0.15) is 33.4 Å². The van der Waals surface area contributed by atoms with Gasteiger partial charge in [-0.3, -0.25) is 0 Å². The van der Waals surface area contributed by atoms with Gasteiger partial charge in [0.05, 0.1) is 16.5 Å². The topological polar surface area (TPSA) is 138 Å². The number of rotatable bonds is 2. The van der Waals surface area contributed by atoms with Crippen molar-refractivity contribution in [1.29, 1.82) is 0 Å². The van der Waals surface area contributed by atoms with Crippen LogP contribution in [0.2, 0.25) is 0 Å². The van der Waals surface area contributed by atoms with Crippen molar-refractivity contribution in [3.8, 4) is 22.5 Å². The number of nitrogens with one attached hydrogen (secondary N) is 1. The molecule has 0 saturated heterocycles. The van der Waals surface area contributed by atoms with Gasteiger partial charge in [0.2, 0.25) is 11.4 Å². The van der Waals surface area contributed by atoms with Crippen LogP contribution >= 0.6 is 15.9 Å². The lowest BCUT2D eigenvalue weighted by Crippen LogP contribution is -2.43. The van der Waals surface area contributed by atoms with Crippen molar-refractivity contribution in [3.63, 3.8) is 0 Å². The zero-order valence-electron chi connectivity index (χ0n) is 29.3. The molecule has 0 atom stereocenters. The van der Waals surface area contributed by atoms with Gasteiger partial charge in [-0.25, -0.2) is 16.8 Å². The average Bonchev–Trinajstić information content (AvgIpc) is 3.52. The maximum Gasteiger partial charge on any atom is 0.485 e. The van der Waals surface area contributed by atoms with Gasteiger partial charge < -0.3 is 14.1 Å². The average molecular weight is 883 g/mol. The van der Waals surface area contributed by atoms with E-state index in [1.807, 2.05) is 0 Å². The van der Waals surface area contributed by atoms with Crippen LogP contribution in [0.25, 0.3) is 56.3 Å². The highest BCUT2D eigenvalue weighted by Crippen LogP contribution is 2.44. The van der Waals surface area contributed by atoms with Crippen molar-refractivity contribution in [3.05, 3.63) is 117 Å². The smallest absolute Gasteiger partial charge is 0.485 e. The Labute approximate surface area is 325 Å². The minimum absolute atomic E-state index is 1.01. The Balaban J connectivity index is 0.000000281. The molecule has 0 spiro atoms. The molecule has 2 aliphatic rings. The molecule has 3 aromatic heterocycles. The normalized spacial score (nSPS) is 13.9. The van der Waals surface area contributed by atoms with E-state index in [0.717, 1.165) is 35.9 Å². The third kappa shape index (κ3) is 8.11. The Morgan fingerprint density at radius 2 is 1.30 bits per heavy atom. The van der Waals surface area contributed by atoms with Gasteiger partial charge in [0.15, 0.2) is 45.7 Å². The summed E-state index contributed by atoms with van der Waals surface area (Å²) >= 11 is 3.63. The van der Waals surface area contributed by atoms with E-state index < -0.39 is 31.3 Å². The van der Waals surface area contributed by atoms with E-state index >= 15 is 0 Å². The SMILES string of the molecule is Cc1c(C)c2c(c3c1CC[n+]1ccc(/C=C/c4c[nH]c5ccc(Br)cc45)cc1-3)-c1c3ccccc3cc[n+]1CC2.O=S(=O)([O-])C(F)(F)F.O=S(=O)([O-])C(F)(F)F. The summed E-state index contributed by atoms with van der Waals surface area (Å²) in [5.74, 6) is 0. The van der Waals surface area contributed by atoms with Crippen molar-refractivity contribution in [1.82, 2.24) is 4.98 Å². The Kier molecular flexibility index (Phi) is 11.0. The van der Waals surface area contributed by atoms with Gasteiger partial charge >= 0.3 is 11.0 Å². The Morgan fingerprint density at radius 1 is 0.732 bits per heavy atom. The molecular formula is C38H30BrF6N3O6S2. The Hall–Kier alpha value is -4.62. The summed E-state index contributed by atoms with van der Waals surface area (Å²) in [6.45, 7) is 6.72. The number of hydrogen-bond donors (Lipinski definition) is 1. The van der Waals surface area contributed by atoms with Crippen LogP contribution in [0.3, 0.4) is 0 Å². The van der Waals surface area contributed by atoms with Crippen molar-refractivity contribution < 1.29 is 61.4 Å². The number of alkyl halides is 6. The number of halogens is 7. The number of benzene rings is 3. The molecule has 0 aliphatic carbocycles. The molecule has 0 fully saturated rings. The number of aryl methyl sites for hydroxylation is 2. The van der Waals surface area contributed by atoms with E-state index in [1.165, 1.54) is 72.1 Å².